The molecule has 7 heteroatoms. The van der Waals surface area contributed by atoms with E-state index in [0.29, 0.717) is 11.6 Å². The molecule has 17 heavy (non-hydrogen) atoms. The van der Waals surface area contributed by atoms with E-state index in [1.807, 2.05) is 0 Å². The fourth-order valence-electron chi connectivity index (χ4n) is 1.76. The molecule has 0 bridgehead atoms. The molecule has 1 aromatic rings. The predicted octanol–water partition coefficient (Wildman–Crippen LogP) is -0.209. The van der Waals surface area contributed by atoms with E-state index in [-0.39, 0.29) is 17.9 Å². The quantitative estimate of drug-likeness (QED) is 0.579. The smallest absolute Gasteiger partial charge is 0.242 e. The van der Waals surface area contributed by atoms with Crippen molar-refractivity contribution < 1.29 is 4.79 Å². The molecule has 0 aromatic carbocycles. The van der Waals surface area contributed by atoms with Crippen LogP contribution in [0.15, 0.2) is 6.07 Å². The molecule has 0 spiro atoms. The van der Waals surface area contributed by atoms with Gasteiger partial charge in [0, 0.05) is 19.7 Å². The molecular formula is C10H16N6O. The highest BCUT2D eigenvalue weighted by molar-refractivity contribution is 5.85. The molecular weight excluding hydrogens is 220 g/mol. The van der Waals surface area contributed by atoms with Crippen LogP contribution in [0.2, 0.25) is 0 Å². The van der Waals surface area contributed by atoms with Gasteiger partial charge in [-0.05, 0) is 12.8 Å². The van der Waals surface area contributed by atoms with Gasteiger partial charge in [0.05, 0.1) is 0 Å². The largest absolute Gasteiger partial charge is 0.373 e. The first-order valence-electron chi connectivity index (χ1n) is 5.55. The van der Waals surface area contributed by atoms with Gasteiger partial charge in [-0.1, -0.05) is 0 Å². The third-order valence-corrected chi connectivity index (χ3v) is 2.61. The number of carbonyl (C=O) groups is 1. The second-order valence-corrected chi connectivity index (χ2v) is 3.88. The number of anilines is 3. The Balaban J connectivity index is 2.11. The van der Waals surface area contributed by atoms with Crippen molar-refractivity contribution in [1.82, 2.24) is 15.3 Å². The first kappa shape index (κ1) is 11.4. The molecule has 1 saturated heterocycles. The number of carbonyl (C=O) groups excluding carboxylic acids is 1. The molecule has 0 aliphatic carbocycles. The summed E-state index contributed by atoms with van der Waals surface area (Å²) in [6.07, 6.45) is 1.76. The highest BCUT2D eigenvalue weighted by Gasteiger charge is 2.22. The Kier molecular flexibility index (Phi) is 3.27. The van der Waals surface area contributed by atoms with Gasteiger partial charge in [0.15, 0.2) is 0 Å². The molecule has 0 saturated carbocycles. The summed E-state index contributed by atoms with van der Waals surface area (Å²) in [4.78, 5) is 19.6. The Morgan fingerprint density at radius 2 is 2.24 bits per heavy atom. The van der Waals surface area contributed by atoms with E-state index in [9.17, 15) is 4.79 Å². The van der Waals surface area contributed by atoms with Gasteiger partial charge in [0.25, 0.3) is 0 Å². The Morgan fingerprint density at radius 1 is 1.47 bits per heavy atom. The summed E-state index contributed by atoms with van der Waals surface area (Å²) >= 11 is 0. The Hall–Kier alpha value is -2.05. The van der Waals surface area contributed by atoms with E-state index >= 15 is 0 Å². The molecule has 1 atom stereocenters. The number of rotatable bonds is 3. The fourth-order valence-corrected chi connectivity index (χ4v) is 1.76. The SMILES string of the molecule is CNc1cc(NC2CCCNC2=O)nc(N)n1. The first-order valence-corrected chi connectivity index (χ1v) is 5.55. The highest BCUT2D eigenvalue weighted by atomic mass is 16.2. The van der Waals surface area contributed by atoms with Crippen LogP contribution in [0.5, 0.6) is 0 Å². The standard InChI is InChI=1S/C10H16N6O/c1-12-7-5-8(16-10(11)15-7)14-6-3-2-4-13-9(6)17/h5-6H,2-4H2,1H3,(H,13,17)(H4,11,12,14,15,16). The lowest BCUT2D eigenvalue weighted by molar-refractivity contribution is -0.123. The lowest BCUT2D eigenvalue weighted by atomic mass is 10.1. The Bertz CT molecular complexity index is 421. The van der Waals surface area contributed by atoms with Crippen LogP contribution in [0.4, 0.5) is 17.6 Å². The van der Waals surface area contributed by atoms with Crippen LogP contribution in [-0.4, -0.2) is 35.5 Å². The molecule has 1 aromatic heterocycles. The van der Waals surface area contributed by atoms with Gasteiger partial charge in [-0.15, -0.1) is 0 Å². The molecule has 2 heterocycles. The average Bonchev–Trinajstić information content (AvgIpc) is 2.31. The van der Waals surface area contributed by atoms with Crippen molar-refractivity contribution in [2.24, 2.45) is 0 Å². The van der Waals surface area contributed by atoms with Crippen LogP contribution in [-0.2, 0) is 4.79 Å². The molecule has 1 aliphatic heterocycles. The minimum Gasteiger partial charge on any atom is -0.373 e. The third-order valence-electron chi connectivity index (χ3n) is 2.61. The Labute approximate surface area is 99.2 Å². The fraction of sp³-hybridized carbons (Fsp3) is 0.500. The third kappa shape index (κ3) is 2.74. The first-order chi connectivity index (χ1) is 8.19. The maximum Gasteiger partial charge on any atom is 0.242 e. The second kappa shape index (κ2) is 4.86. The number of aromatic nitrogens is 2. The molecule has 1 amide bonds. The van der Waals surface area contributed by atoms with E-state index in [0.717, 1.165) is 19.4 Å². The van der Waals surface area contributed by atoms with Gasteiger partial charge in [0.1, 0.15) is 17.7 Å². The second-order valence-electron chi connectivity index (χ2n) is 3.88. The number of nitrogens with zero attached hydrogens (tertiary/aromatic N) is 2. The summed E-state index contributed by atoms with van der Waals surface area (Å²) in [5.74, 6) is 1.36. The lowest BCUT2D eigenvalue weighted by Crippen LogP contribution is -2.44. The zero-order valence-corrected chi connectivity index (χ0v) is 9.66. The minimum absolute atomic E-state index is 0.000517. The zero-order chi connectivity index (χ0) is 12.3. The van der Waals surface area contributed by atoms with E-state index in [1.165, 1.54) is 0 Å². The van der Waals surface area contributed by atoms with Crippen LogP contribution in [0, 0.1) is 0 Å². The van der Waals surface area contributed by atoms with E-state index in [4.69, 9.17) is 5.73 Å². The molecule has 1 fully saturated rings. The van der Waals surface area contributed by atoms with Crippen LogP contribution in [0.1, 0.15) is 12.8 Å². The van der Waals surface area contributed by atoms with Crippen LogP contribution in [0.3, 0.4) is 0 Å². The molecule has 5 N–H and O–H groups in total. The monoisotopic (exact) mass is 236 g/mol. The van der Waals surface area contributed by atoms with Crippen LogP contribution < -0.4 is 21.7 Å². The van der Waals surface area contributed by atoms with Crippen molar-refractivity contribution >= 4 is 23.5 Å². The van der Waals surface area contributed by atoms with E-state index < -0.39 is 0 Å². The molecule has 1 unspecified atom stereocenters. The van der Waals surface area contributed by atoms with Crippen molar-refractivity contribution in [3.63, 3.8) is 0 Å². The van der Waals surface area contributed by atoms with Crippen molar-refractivity contribution in [1.29, 1.82) is 0 Å². The van der Waals surface area contributed by atoms with Crippen molar-refractivity contribution in [2.75, 3.05) is 30.0 Å². The van der Waals surface area contributed by atoms with Crippen molar-refractivity contribution in [3.05, 3.63) is 6.07 Å². The average molecular weight is 236 g/mol. The minimum atomic E-state index is -0.247. The van der Waals surface area contributed by atoms with Gasteiger partial charge >= 0.3 is 0 Å². The number of nitrogens with one attached hydrogen (secondary N) is 3. The maximum absolute atomic E-state index is 11.6. The lowest BCUT2D eigenvalue weighted by Gasteiger charge is -2.23. The number of nitrogen functional groups attached to an aromatic ring is 1. The summed E-state index contributed by atoms with van der Waals surface area (Å²) in [6, 6.07) is 1.47. The number of nitrogens with two attached hydrogens (primary N) is 1. The molecule has 92 valence electrons. The number of amides is 1. The van der Waals surface area contributed by atoms with Gasteiger partial charge in [-0.25, -0.2) is 0 Å². The van der Waals surface area contributed by atoms with Gasteiger partial charge in [-0.3, -0.25) is 4.79 Å². The van der Waals surface area contributed by atoms with Crippen molar-refractivity contribution in [2.45, 2.75) is 18.9 Å². The normalized spacial score (nSPS) is 19.6. The number of hydrogen-bond acceptors (Lipinski definition) is 6. The van der Waals surface area contributed by atoms with E-state index in [2.05, 4.69) is 25.9 Å². The van der Waals surface area contributed by atoms with Gasteiger partial charge in [-0.2, -0.15) is 9.97 Å². The topological polar surface area (TPSA) is 105 Å². The maximum atomic E-state index is 11.6. The van der Waals surface area contributed by atoms with Gasteiger partial charge < -0.3 is 21.7 Å². The molecule has 0 radical (unpaired) electrons. The number of piperidine rings is 1. The van der Waals surface area contributed by atoms with Crippen LogP contribution >= 0.6 is 0 Å². The molecule has 1 aliphatic rings. The summed E-state index contributed by atoms with van der Waals surface area (Å²) in [7, 11) is 1.75. The molecule has 2 rings (SSSR count). The zero-order valence-electron chi connectivity index (χ0n) is 9.66. The van der Waals surface area contributed by atoms with Crippen LogP contribution in [0.25, 0.3) is 0 Å². The number of hydrogen-bond donors (Lipinski definition) is 4. The highest BCUT2D eigenvalue weighted by Crippen LogP contribution is 2.15. The van der Waals surface area contributed by atoms with Gasteiger partial charge in [0.2, 0.25) is 11.9 Å². The summed E-state index contributed by atoms with van der Waals surface area (Å²) in [5.41, 5.74) is 5.57. The summed E-state index contributed by atoms with van der Waals surface area (Å²) in [6.45, 7) is 0.741. The van der Waals surface area contributed by atoms with E-state index in [1.54, 1.807) is 13.1 Å². The summed E-state index contributed by atoms with van der Waals surface area (Å²) < 4.78 is 0. The predicted molar refractivity (Wildman–Crippen MR) is 65.6 cm³/mol. The molecule has 7 nitrogen and oxygen atoms in total. The van der Waals surface area contributed by atoms with Crippen molar-refractivity contribution in [3.8, 4) is 0 Å². The summed E-state index contributed by atoms with van der Waals surface area (Å²) in [5, 5.41) is 8.75. The Morgan fingerprint density at radius 3 is 2.94 bits per heavy atom.